The topological polar surface area (TPSA) is 68.0 Å². The molecule has 0 aromatic carbocycles. The van der Waals surface area contributed by atoms with Crippen molar-refractivity contribution in [2.24, 2.45) is 7.05 Å². The molecule has 2 aromatic rings. The van der Waals surface area contributed by atoms with Gasteiger partial charge in [0.15, 0.2) is 5.82 Å². The molecule has 7 nitrogen and oxygen atoms in total. The normalized spacial score (nSPS) is 19.4. The molecule has 2 atom stereocenters. The van der Waals surface area contributed by atoms with Crippen molar-refractivity contribution in [1.29, 1.82) is 0 Å². The van der Waals surface area contributed by atoms with Crippen molar-refractivity contribution < 1.29 is 0 Å². The Morgan fingerprint density at radius 2 is 2.25 bits per heavy atom. The van der Waals surface area contributed by atoms with E-state index in [1.165, 1.54) is 0 Å². The van der Waals surface area contributed by atoms with E-state index in [9.17, 15) is 4.79 Å². The lowest BCUT2D eigenvalue weighted by Crippen LogP contribution is -2.50. The molecule has 1 aliphatic heterocycles. The van der Waals surface area contributed by atoms with Crippen LogP contribution in [0.25, 0.3) is 0 Å². The molecule has 0 amide bonds. The van der Waals surface area contributed by atoms with Crippen LogP contribution in [0.3, 0.4) is 0 Å². The van der Waals surface area contributed by atoms with Gasteiger partial charge < -0.3 is 14.8 Å². The van der Waals surface area contributed by atoms with E-state index in [4.69, 9.17) is 0 Å². The van der Waals surface area contributed by atoms with Gasteiger partial charge in [-0.25, -0.2) is 4.98 Å². The molecule has 1 N–H and O–H groups in total. The molecule has 7 heteroatoms. The lowest BCUT2D eigenvalue weighted by molar-refractivity contribution is 0.359. The molecule has 0 bridgehead atoms. The largest absolute Gasteiger partial charge is 0.350 e. The number of aromatic nitrogens is 4. The van der Waals surface area contributed by atoms with Gasteiger partial charge in [0.25, 0.3) is 5.56 Å². The van der Waals surface area contributed by atoms with Crippen molar-refractivity contribution in [1.82, 2.24) is 24.6 Å². The van der Waals surface area contributed by atoms with Crippen LogP contribution in [0.2, 0.25) is 0 Å². The van der Waals surface area contributed by atoms with E-state index in [1.54, 1.807) is 24.0 Å². The zero-order chi connectivity index (χ0) is 16.9. The Hall–Kier alpha value is -2.15. The summed E-state index contributed by atoms with van der Waals surface area (Å²) in [4.78, 5) is 18.7. The zero-order valence-corrected chi connectivity index (χ0v) is 14.4. The smallest absolute Gasteiger partial charge is 0.293 e. The van der Waals surface area contributed by atoms with E-state index >= 15 is 0 Å². The Morgan fingerprint density at radius 1 is 1.38 bits per heavy atom. The van der Waals surface area contributed by atoms with E-state index in [2.05, 4.69) is 27.2 Å². The molecule has 24 heavy (non-hydrogen) atoms. The number of nitrogens with zero attached hydrogens (tertiary/aromatic N) is 5. The first kappa shape index (κ1) is 16.7. The maximum absolute atomic E-state index is 12.3. The van der Waals surface area contributed by atoms with Crippen LogP contribution in [0, 0.1) is 0 Å². The molecule has 0 radical (unpaired) electrons. The van der Waals surface area contributed by atoms with Gasteiger partial charge in [0.1, 0.15) is 0 Å². The van der Waals surface area contributed by atoms with Crippen molar-refractivity contribution in [3.63, 3.8) is 0 Å². The van der Waals surface area contributed by atoms with E-state index in [1.807, 2.05) is 23.1 Å². The summed E-state index contributed by atoms with van der Waals surface area (Å²) in [5.74, 6) is 0.565. The molecule has 130 valence electrons. The number of piperidine rings is 1. The minimum absolute atomic E-state index is 0.0233. The minimum atomic E-state index is -0.0233. The van der Waals surface area contributed by atoms with Gasteiger partial charge >= 0.3 is 0 Å². The van der Waals surface area contributed by atoms with Gasteiger partial charge in [-0.15, -0.1) is 0 Å². The molecule has 0 aliphatic carbocycles. The van der Waals surface area contributed by atoms with E-state index in [0.29, 0.717) is 17.9 Å². The quantitative estimate of drug-likeness (QED) is 0.856. The van der Waals surface area contributed by atoms with E-state index in [0.717, 1.165) is 38.9 Å². The van der Waals surface area contributed by atoms with Crippen molar-refractivity contribution in [3.8, 4) is 0 Å². The summed E-state index contributed by atoms with van der Waals surface area (Å²) in [6, 6.07) is 2.74. The Bertz CT molecular complexity index is 695. The second kappa shape index (κ2) is 7.61. The SMILES string of the molecule is C[C@@H](CCn1cccn1)N[C@@H]1CCCN(c2nccn(C)c2=O)C1. The summed E-state index contributed by atoms with van der Waals surface area (Å²) in [7, 11) is 1.77. The maximum atomic E-state index is 12.3. The van der Waals surface area contributed by atoms with Gasteiger partial charge in [0, 0.05) is 63.6 Å². The molecule has 0 unspecified atom stereocenters. The highest BCUT2D eigenvalue weighted by atomic mass is 16.1. The Labute approximate surface area is 142 Å². The van der Waals surface area contributed by atoms with Crippen molar-refractivity contribution in [2.45, 2.75) is 44.8 Å². The summed E-state index contributed by atoms with van der Waals surface area (Å²) in [6.07, 6.45) is 10.4. The van der Waals surface area contributed by atoms with Crippen LogP contribution >= 0.6 is 0 Å². The Balaban J connectivity index is 1.55. The van der Waals surface area contributed by atoms with E-state index in [-0.39, 0.29) is 5.56 Å². The molecular weight excluding hydrogens is 304 g/mol. The minimum Gasteiger partial charge on any atom is -0.350 e. The van der Waals surface area contributed by atoms with Gasteiger partial charge in [-0.05, 0) is 32.3 Å². The van der Waals surface area contributed by atoms with Gasteiger partial charge in [0.2, 0.25) is 0 Å². The van der Waals surface area contributed by atoms with Crippen molar-refractivity contribution >= 4 is 5.82 Å². The average Bonchev–Trinajstić information content (AvgIpc) is 3.09. The van der Waals surface area contributed by atoms with Gasteiger partial charge in [0.05, 0.1) is 0 Å². The number of anilines is 1. The lowest BCUT2D eigenvalue weighted by Gasteiger charge is -2.35. The number of hydrogen-bond acceptors (Lipinski definition) is 5. The van der Waals surface area contributed by atoms with Crippen molar-refractivity contribution in [2.75, 3.05) is 18.0 Å². The summed E-state index contributed by atoms with van der Waals surface area (Å²) in [6.45, 7) is 4.85. The maximum Gasteiger partial charge on any atom is 0.293 e. The molecule has 3 rings (SSSR count). The molecule has 3 heterocycles. The predicted octanol–water partition coefficient (Wildman–Crippen LogP) is 1.01. The average molecular weight is 330 g/mol. The first-order chi connectivity index (χ1) is 11.6. The lowest BCUT2D eigenvalue weighted by atomic mass is 10.0. The van der Waals surface area contributed by atoms with Crippen LogP contribution in [0.15, 0.2) is 35.6 Å². The molecule has 1 saturated heterocycles. The second-order valence-corrected chi connectivity index (χ2v) is 6.58. The standard InChI is InChI=1S/C17H26N6O/c1-14(6-11-23-10-4-7-19-23)20-15-5-3-9-22(13-15)16-17(24)21(2)12-8-18-16/h4,7-8,10,12,14-15,20H,3,5-6,9,11,13H2,1-2H3/t14-,15+/m0/s1. The van der Waals surface area contributed by atoms with Crippen LogP contribution in [0.1, 0.15) is 26.2 Å². The summed E-state index contributed by atoms with van der Waals surface area (Å²) < 4.78 is 3.55. The first-order valence-electron chi connectivity index (χ1n) is 8.63. The number of rotatable bonds is 6. The zero-order valence-electron chi connectivity index (χ0n) is 14.4. The van der Waals surface area contributed by atoms with Gasteiger partial charge in [-0.2, -0.15) is 5.10 Å². The summed E-state index contributed by atoms with van der Waals surface area (Å²) in [5.41, 5.74) is -0.0233. The van der Waals surface area contributed by atoms with Crippen molar-refractivity contribution in [3.05, 3.63) is 41.2 Å². The molecule has 2 aromatic heterocycles. The highest BCUT2D eigenvalue weighted by Crippen LogP contribution is 2.15. The molecule has 0 spiro atoms. The van der Waals surface area contributed by atoms with E-state index < -0.39 is 0 Å². The fourth-order valence-electron chi connectivity index (χ4n) is 3.25. The number of aryl methyl sites for hydroxylation is 2. The number of nitrogens with one attached hydrogen (secondary N) is 1. The van der Waals surface area contributed by atoms with Crippen LogP contribution in [0.5, 0.6) is 0 Å². The fraction of sp³-hybridized carbons (Fsp3) is 0.588. The molecular formula is C17H26N6O. The summed E-state index contributed by atoms with van der Waals surface area (Å²) >= 11 is 0. The van der Waals surface area contributed by atoms with Crippen LogP contribution < -0.4 is 15.8 Å². The second-order valence-electron chi connectivity index (χ2n) is 6.58. The fourth-order valence-corrected chi connectivity index (χ4v) is 3.25. The Kier molecular flexibility index (Phi) is 5.30. The predicted molar refractivity (Wildman–Crippen MR) is 94.2 cm³/mol. The highest BCUT2D eigenvalue weighted by molar-refractivity contribution is 5.36. The van der Waals surface area contributed by atoms with Crippen LogP contribution in [0.4, 0.5) is 5.82 Å². The Morgan fingerprint density at radius 3 is 3.04 bits per heavy atom. The third-order valence-corrected chi connectivity index (χ3v) is 4.59. The van der Waals surface area contributed by atoms with Gasteiger partial charge in [-0.1, -0.05) is 0 Å². The summed E-state index contributed by atoms with van der Waals surface area (Å²) in [5, 5.41) is 7.94. The highest BCUT2D eigenvalue weighted by Gasteiger charge is 2.23. The third-order valence-electron chi connectivity index (χ3n) is 4.59. The van der Waals surface area contributed by atoms with Gasteiger partial charge in [-0.3, -0.25) is 9.48 Å². The van der Waals surface area contributed by atoms with Crippen LogP contribution in [-0.4, -0.2) is 44.5 Å². The first-order valence-corrected chi connectivity index (χ1v) is 8.63. The molecule has 0 saturated carbocycles. The molecule has 1 aliphatic rings. The third kappa shape index (κ3) is 4.03. The molecule has 1 fully saturated rings. The van der Waals surface area contributed by atoms with Crippen LogP contribution in [-0.2, 0) is 13.6 Å². The number of hydrogen-bond donors (Lipinski definition) is 1. The monoisotopic (exact) mass is 330 g/mol.